The second-order valence-electron chi connectivity index (χ2n) is 10.3. The van der Waals surface area contributed by atoms with E-state index in [0.29, 0.717) is 6.61 Å². The van der Waals surface area contributed by atoms with Crippen molar-refractivity contribution in [2.75, 3.05) is 13.2 Å². The van der Waals surface area contributed by atoms with E-state index in [1.807, 2.05) is 0 Å². The van der Waals surface area contributed by atoms with Gasteiger partial charge >= 0.3 is 0 Å². The molecule has 4 N–H and O–H groups in total. The van der Waals surface area contributed by atoms with Crippen LogP contribution in [-0.2, 0) is 9.47 Å². The predicted octanol–water partition coefficient (Wildman–Crippen LogP) is 5.62. The molecule has 0 aromatic heterocycles. The molecule has 0 aromatic carbocycles. The van der Waals surface area contributed by atoms with Gasteiger partial charge < -0.3 is 29.9 Å². The van der Waals surface area contributed by atoms with Crippen LogP contribution in [0.15, 0.2) is 0 Å². The number of unbranched alkanes of at least 4 members (excludes halogenated alkanes) is 19. The van der Waals surface area contributed by atoms with Crippen LogP contribution in [0.1, 0.15) is 135 Å². The summed E-state index contributed by atoms with van der Waals surface area (Å²) in [5.74, 6) is 0. The molecule has 0 radical (unpaired) electrons. The molecule has 6 nitrogen and oxygen atoms in total. The van der Waals surface area contributed by atoms with Gasteiger partial charge in [0.2, 0.25) is 0 Å². The Labute approximate surface area is 209 Å². The zero-order valence-electron chi connectivity index (χ0n) is 22.0. The van der Waals surface area contributed by atoms with Crippen molar-refractivity contribution in [3.63, 3.8) is 0 Å². The van der Waals surface area contributed by atoms with Crippen molar-refractivity contribution in [3.05, 3.63) is 0 Å². The molecule has 0 saturated carbocycles. The van der Waals surface area contributed by atoms with E-state index in [4.69, 9.17) is 9.47 Å². The first-order chi connectivity index (χ1) is 16.6. The first kappa shape index (κ1) is 31.8. The van der Waals surface area contributed by atoms with Gasteiger partial charge in [0, 0.05) is 6.61 Å². The number of ether oxygens (including phenoxy) is 2. The van der Waals surface area contributed by atoms with Gasteiger partial charge in [-0.25, -0.2) is 0 Å². The minimum Gasteiger partial charge on any atom is -0.394 e. The van der Waals surface area contributed by atoms with Gasteiger partial charge in [0.25, 0.3) is 0 Å². The molecule has 0 amide bonds. The van der Waals surface area contributed by atoms with E-state index in [2.05, 4.69) is 6.92 Å². The fourth-order valence-electron chi connectivity index (χ4n) is 4.76. The maximum Gasteiger partial charge on any atom is 0.186 e. The largest absolute Gasteiger partial charge is 0.394 e. The minimum absolute atomic E-state index is 0.426. The van der Waals surface area contributed by atoms with Gasteiger partial charge in [0.1, 0.15) is 24.4 Å². The van der Waals surface area contributed by atoms with E-state index >= 15 is 0 Å². The van der Waals surface area contributed by atoms with E-state index in [0.717, 1.165) is 12.8 Å². The highest BCUT2D eigenvalue weighted by molar-refractivity contribution is 4.88. The van der Waals surface area contributed by atoms with Crippen LogP contribution in [0.25, 0.3) is 0 Å². The summed E-state index contributed by atoms with van der Waals surface area (Å²) in [5.41, 5.74) is 0. The highest BCUT2D eigenvalue weighted by Crippen LogP contribution is 2.22. The van der Waals surface area contributed by atoms with Gasteiger partial charge in [-0.05, 0) is 6.42 Å². The molecule has 1 fully saturated rings. The summed E-state index contributed by atoms with van der Waals surface area (Å²) in [7, 11) is 0. The third-order valence-electron chi connectivity index (χ3n) is 7.13. The molecular weight excluding hydrogens is 432 g/mol. The number of hydrogen-bond donors (Lipinski definition) is 4. The molecule has 34 heavy (non-hydrogen) atoms. The van der Waals surface area contributed by atoms with Gasteiger partial charge in [0.15, 0.2) is 6.29 Å². The zero-order chi connectivity index (χ0) is 24.9. The fourth-order valence-corrected chi connectivity index (χ4v) is 4.76. The molecule has 1 saturated heterocycles. The quantitative estimate of drug-likeness (QED) is 0.139. The number of aliphatic hydroxyl groups is 4. The standard InChI is InChI=1S/C28H56O6/c1-2-3-4-5-6-7-8-9-10-11-12-13-14-15-16-17-18-19-20-21-22-33-28-27(32)26(31)25(30)24(23-29)34-28/h24-32H,2-23H2,1H3/t24-,25-,26+,27-,28?/m1/s1. The third-order valence-corrected chi connectivity index (χ3v) is 7.13. The summed E-state index contributed by atoms with van der Waals surface area (Å²) in [4.78, 5) is 0. The molecule has 0 aromatic rings. The molecule has 1 rings (SSSR count). The van der Waals surface area contributed by atoms with E-state index < -0.39 is 37.3 Å². The normalized spacial score (nSPS) is 25.1. The van der Waals surface area contributed by atoms with Gasteiger partial charge in [-0.15, -0.1) is 0 Å². The first-order valence-corrected chi connectivity index (χ1v) is 14.5. The minimum atomic E-state index is -1.37. The molecule has 5 atom stereocenters. The van der Waals surface area contributed by atoms with E-state index in [-0.39, 0.29) is 0 Å². The van der Waals surface area contributed by atoms with E-state index in [1.54, 1.807) is 0 Å². The van der Waals surface area contributed by atoms with Gasteiger partial charge in [0.05, 0.1) is 6.61 Å². The Balaban J connectivity index is 1.79. The lowest BCUT2D eigenvalue weighted by Crippen LogP contribution is -2.59. The first-order valence-electron chi connectivity index (χ1n) is 14.5. The highest BCUT2D eigenvalue weighted by Gasteiger charge is 2.43. The topological polar surface area (TPSA) is 99.4 Å². The number of rotatable bonds is 23. The Morgan fingerprint density at radius 3 is 1.29 bits per heavy atom. The van der Waals surface area contributed by atoms with Gasteiger partial charge in [-0.1, -0.05) is 129 Å². The molecule has 0 aliphatic carbocycles. The lowest BCUT2D eigenvalue weighted by Gasteiger charge is -2.39. The number of aliphatic hydroxyl groups excluding tert-OH is 4. The van der Waals surface area contributed by atoms with Crippen molar-refractivity contribution < 1.29 is 29.9 Å². The Hall–Kier alpha value is -0.240. The Morgan fingerprint density at radius 1 is 0.529 bits per heavy atom. The molecule has 1 aliphatic rings. The molecule has 204 valence electrons. The molecule has 0 bridgehead atoms. The second-order valence-corrected chi connectivity index (χ2v) is 10.3. The van der Waals surface area contributed by atoms with Crippen LogP contribution in [0, 0.1) is 0 Å². The third kappa shape index (κ3) is 15.0. The molecular formula is C28H56O6. The monoisotopic (exact) mass is 488 g/mol. The van der Waals surface area contributed by atoms with Crippen molar-refractivity contribution in [3.8, 4) is 0 Å². The predicted molar refractivity (Wildman–Crippen MR) is 138 cm³/mol. The Morgan fingerprint density at radius 2 is 0.912 bits per heavy atom. The van der Waals surface area contributed by atoms with Gasteiger partial charge in [-0.2, -0.15) is 0 Å². The average Bonchev–Trinajstić information content (AvgIpc) is 2.84. The SMILES string of the molecule is CCCCCCCCCCCCCCCCCCCCCCOC1O[C@H](CO)[C@@H](O)[C@H](O)[C@H]1O. The maximum absolute atomic E-state index is 9.94. The maximum atomic E-state index is 9.94. The van der Waals surface area contributed by atoms with Crippen LogP contribution in [0.5, 0.6) is 0 Å². The van der Waals surface area contributed by atoms with Crippen LogP contribution in [-0.4, -0.2) is 64.3 Å². The van der Waals surface area contributed by atoms with Gasteiger partial charge in [-0.3, -0.25) is 0 Å². The van der Waals surface area contributed by atoms with Crippen molar-refractivity contribution in [2.45, 2.75) is 166 Å². The lowest BCUT2D eigenvalue weighted by molar-refractivity contribution is -0.301. The van der Waals surface area contributed by atoms with Crippen LogP contribution in [0.3, 0.4) is 0 Å². The molecule has 1 heterocycles. The van der Waals surface area contributed by atoms with Crippen molar-refractivity contribution >= 4 is 0 Å². The van der Waals surface area contributed by atoms with Crippen LogP contribution >= 0.6 is 0 Å². The second kappa shape index (κ2) is 22.0. The average molecular weight is 489 g/mol. The smallest absolute Gasteiger partial charge is 0.186 e. The summed E-state index contributed by atoms with van der Waals surface area (Å²) in [6.07, 6.45) is 20.8. The van der Waals surface area contributed by atoms with E-state index in [1.165, 1.54) is 116 Å². The summed E-state index contributed by atoms with van der Waals surface area (Å²) in [5, 5.41) is 38.7. The molecule has 6 heteroatoms. The van der Waals surface area contributed by atoms with Crippen LogP contribution in [0.2, 0.25) is 0 Å². The van der Waals surface area contributed by atoms with Crippen molar-refractivity contribution in [2.24, 2.45) is 0 Å². The van der Waals surface area contributed by atoms with E-state index in [9.17, 15) is 20.4 Å². The van der Waals surface area contributed by atoms with Crippen LogP contribution in [0.4, 0.5) is 0 Å². The highest BCUT2D eigenvalue weighted by atomic mass is 16.7. The molecule has 1 unspecified atom stereocenters. The fraction of sp³-hybridized carbons (Fsp3) is 1.00. The summed E-state index contributed by atoms with van der Waals surface area (Å²) < 4.78 is 10.9. The number of hydrogen-bond acceptors (Lipinski definition) is 6. The Bertz CT molecular complexity index is 433. The summed E-state index contributed by atoms with van der Waals surface area (Å²) in [6, 6.07) is 0. The molecule has 1 aliphatic heterocycles. The zero-order valence-corrected chi connectivity index (χ0v) is 22.0. The molecule has 0 spiro atoms. The summed E-state index contributed by atoms with van der Waals surface area (Å²) in [6.45, 7) is 2.28. The Kier molecular flexibility index (Phi) is 20.6. The lowest BCUT2D eigenvalue weighted by atomic mass is 9.99. The van der Waals surface area contributed by atoms with Crippen molar-refractivity contribution in [1.29, 1.82) is 0 Å². The van der Waals surface area contributed by atoms with Crippen molar-refractivity contribution in [1.82, 2.24) is 0 Å². The summed E-state index contributed by atoms with van der Waals surface area (Å²) >= 11 is 0. The van der Waals surface area contributed by atoms with Crippen LogP contribution < -0.4 is 0 Å².